The second kappa shape index (κ2) is 6.70. The highest BCUT2D eigenvalue weighted by atomic mass is 32.2. The van der Waals surface area contributed by atoms with E-state index in [1.165, 1.54) is 7.05 Å². The molecular formula is C9H18N4O3S. The summed E-state index contributed by atoms with van der Waals surface area (Å²) in [5, 5.41) is 15.8. The lowest BCUT2D eigenvalue weighted by Gasteiger charge is -2.03. The molecule has 0 spiro atoms. The molecule has 1 aromatic rings. The third-order valence-electron chi connectivity index (χ3n) is 2.20. The van der Waals surface area contributed by atoms with Gasteiger partial charge >= 0.3 is 0 Å². The molecular weight excluding hydrogens is 244 g/mol. The van der Waals surface area contributed by atoms with E-state index < -0.39 is 10.0 Å². The number of nitrogens with zero attached hydrogens (tertiary/aromatic N) is 2. The van der Waals surface area contributed by atoms with Gasteiger partial charge in [-0.1, -0.05) is 0 Å². The summed E-state index contributed by atoms with van der Waals surface area (Å²) in [5.41, 5.74) is 0.959. The topological polar surface area (TPSA) is 96.3 Å². The number of aliphatic hydroxyl groups excluding tert-OH is 1. The fraction of sp³-hybridized carbons (Fsp3) is 0.667. The second-order valence-corrected chi connectivity index (χ2v) is 5.58. The molecule has 0 amide bonds. The molecule has 0 bridgehead atoms. The van der Waals surface area contributed by atoms with Crippen LogP contribution in [-0.2, 0) is 23.1 Å². The first-order chi connectivity index (χ1) is 8.07. The first-order valence-electron chi connectivity index (χ1n) is 5.31. The number of aromatic nitrogens is 2. The Morgan fingerprint density at radius 2 is 2.29 bits per heavy atom. The summed E-state index contributed by atoms with van der Waals surface area (Å²) < 4.78 is 26.1. The Labute approximate surface area is 101 Å². The smallest absolute Gasteiger partial charge is 0.212 e. The van der Waals surface area contributed by atoms with E-state index in [4.69, 9.17) is 5.11 Å². The molecule has 0 saturated carbocycles. The van der Waals surface area contributed by atoms with E-state index in [0.717, 1.165) is 5.56 Å². The van der Waals surface area contributed by atoms with Crippen LogP contribution in [0.2, 0.25) is 0 Å². The van der Waals surface area contributed by atoms with Gasteiger partial charge in [-0.2, -0.15) is 5.10 Å². The molecule has 0 saturated heterocycles. The van der Waals surface area contributed by atoms with E-state index in [9.17, 15) is 8.42 Å². The fourth-order valence-corrected chi connectivity index (χ4v) is 1.88. The van der Waals surface area contributed by atoms with Crippen molar-refractivity contribution in [2.24, 2.45) is 0 Å². The number of hydrogen-bond acceptors (Lipinski definition) is 5. The second-order valence-electron chi connectivity index (χ2n) is 3.54. The van der Waals surface area contributed by atoms with Gasteiger partial charge in [-0.15, -0.1) is 0 Å². The molecule has 1 heterocycles. The summed E-state index contributed by atoms with van der Waals surface area (Å²) >= 11 is 0. The first kappa shape index (κ1) is 14.1. The highest BCUT2D eigenvalue weighted by Gasteiger charge is 2.05. The molecule has 0 fully saturated rings. The van der Waals surface area contributed by atoms with Crippen LogP contribution in [0, 0.1) is 0 Å². The molecule has 1 rings (SSSR count). The Balaban J connectivity index is 2.26. The van der Waals surface area contributed by atoms with Gasteiger partial charge in [0, 0.05) is 24.8 Å². The Morgan fingerprint density at radius 1 is 1.53 bits per heavy atom. The van der Waals surface area contributed by atoms with Crippen LogP contribution in [-0.4, -0.2) is 49.3 Å². The monoisotopic (exact) mass is 262 g/mol. The van der Waals surface area contributed by atoms with Gasteiger partial charge in [0.2, 0.25) is 10.0 Å². The van der Waals surface area contributed by atoms with Crippen LogP contribution in [0.15, 0.2) is 12.4 Å². The summed E-state index contributed by atoms with van der Waals surface area (Å²) in [4.78, 5) is 0. The number of rotatable bonds is 8. The average molecular weight is 262 g/mol. The van der Waals surface area contributed by atoms with Crippen molar-refractivity contribution in [2.75, 3.05) is 26.0 Å². The Bertz CT molecular complexity index is 429. The zero-order chi connectivity index (χ0) is 12.7. The van der Waals surface area contributed by atoms with Crippen molar-refractivity contribution in [3.05, 3.63) is 18.0 Å². The van der Waals surface area contributed by atoms with E-state index in [1.807, 2.05) is 6.20 Å². The van der Waals surface area contributed by atoms with E-state index in [-0.39, 0.29) is 12.4 Å². The molecule has 0 aliphatic rings. The zero-order valence-electron chi connectivity index (χ0n) is 9.76. The van der Waals surface area contributed by atoms with Crippen LogP contribution in [0.3, 0.4) is 0 Å². The third kappa shape index (κ3) is 5.26. The lowest BCUT2D eigenvalue weighted by Crippen LogP contribution is -2.29. The Kier molecular flexibility index (Phi) is 5.56. The van der Waals surface area contributed by atoms with Crippen molar-refractivity contribution in [1.29, 1.82) is 0 Å². The molecule has 1 aromatic heterocycles. The Hall–Kier alpha value is -0.960. The van der Waals surface area contributed by atoms with Crippen molar-refractivity contribution in [1.82, 2.24) is 19.8 Å². The number of aliphatic hydroxyl groups is 1. The molecule has 0 aliphatic heterocycles. The number of nitrogens with one attached hydrogen (secondary N) is 2. The maximum atomic E-state index is 11.1. The highest BCUT2D eigenvalue weighted by molar-refractivity contribution is 7.89. The van der Waals surface area contributed by atoms with Crippen LogP contribution < -0.4 is 10.0 Å². The van der Waals surface area contributed by atoms with Crippen LogP contribution in [0.4, 0.5) is 0 Å². The molecule has 0 aromatic carbocycles. The van der Waals surface area contributed by atoms with E-state index in [1.54, 1.807) is 10.9 Å². The van der Waals surface area contributed by atoms with Gasteiger partial charge < -0.3 is 10.4 Å². The number of hydrogen-bond donors (Lipinski definition) is 3. The van der Waals surface area contributed by atoms with Gasteiger partial charge in [0.1, 0.15) is 0 Å². The maximum absolute atomic E-state index is 11.1. The molecule has 17 heavy (non-hydrogen) atoms. The average Bonchev–Trinajstić information content (AvgIpc) is 2.73. The minimum atomic E-state index is -3.14. The van der Waals surface area contributed by atoms with E-state index in [0.29, 0.717) is 19.6 Å². The van der Waals surface area contributed by atoms with E-state index in [2.05, 4.69) is 15.1 Å². The number of sulfonamides is 1. The van der Waals surface area contributed by atoms with Crippen molar-refractivity contribution >= 4 is 10.0 Å². The molecule has 0 atom stereocenters. The van der Waals surface area contributed by atoms with Gasteiger partial charge in [-0.3, -0.25) is 4.68 Å². The molecule has 0 unspecified atom stereocenters. The van der Waals surface area contributed by atoms with E-state index >= 15 is 0 Å². The van der Waals surface area contributed by atoms with Crippen LogP contribution in [0.5, 0.6) is 0 Å². The quantitative estimate of drug-likeness (QED) is 0.496. The zero-order valence-corrected chi connectivity index (χ0v) is 10.6. The van der Waals surface area contributed by atoms with Gasteiger partial charge in [0.25, 0.3) is 0 Å². The SMILES string of the molecule is CNS(=O)(=O)CCNCc1cnn(CCO)c1. The van der Waals surface area contributed by atoms with Crippen molar-refractivity contribution < 1.29 is 13.5 Å². The predicted molar refractivity (Wildman–Crippen MR) is 63.9 cm³/mol. The van der Waals surface area contributed by atoms with Gasteiger partial charge in [0.05, 0.1) is 25.1 Å². The summed E-state index contributed by atoms with van der Waals surface area (Å²) in [5.74, 6) is 0.0499. The van der Waals surface area contributed by atoms with Crippen LogP contribution in [0.25, 0.3) is 0 Å². The van der Waals surface area contributed by atoms with Crippen molar-refractivity contribution in [3.8, 4) is 0 Å². The van der Waals surface area contributed by atoms with Gasteiger partial charge in [0.15, 0.2) is 0 Å². The molecule has 98 valence electrons. The largest absolute Gasteiger partial charge is 0.394 e. The highest BCUT2D eigenvalue weighted by Crippen LogP contribution is 1.96. The molecule has 8 heteroatoms. The maximum Gasteiger partial charge on any atom is 0.212 e. The molecule has 3 N–H and O–H groups in total. The summed E-state index contributed by atoms with van der Waals surface area (Å²) in [7, 11) is -1.75. The lowest BCUT2D eigenvalue weighted by molar-refractivity contribution is 0.269. The minimum absolute atomic E-state index is 0.0499. The minimum Gasteiger partial charge on any atom is -0.394 e. The van der Waals surface area contributed by atoms with Crippen LogP contribution >= 0.6 is 0 Å². The van der Waals surface area contributed by atoms with Crippen molar-refractivity contribution in [2.45, 2.75) is 13.1 Å². The van der Waals surface area contributed by atoms with Crippen molar-refractivity contribution in [3.63, 3.8) is 0 Å². The Morgan fingerprint density at radius 3 is 2.94 bits per heavy atom. The van der Waals surface area contributed by atoms with Gasteiger partial charge in [-0.25, -0.2) is 13.1 Å². The molecule has 0 aliphatic carbocycles. The fourth-order valence-electron chi connectivity index (χ4n) is 1.26. The molecule has 7 nitrogen and oxygen atoms in total. The summed E-state index contributed by atoms with van der Waals surface area (Å²) in [6.07, 6.45) is 3.50. The lowest BCUT2D eigenvalue weighted by atomic mass is 10.3. The first-order valence-corrected chi connectivity index (χ1v) is 6.97. The molecule has 0 radical (unpaired) electrons. The third-order valence-corrected chi connectivity index (χ3v) is 3.57. The predicted octanol–water partition coefficient (Wildman–Crippen LogP) is -1.49. The summed E-state index contributed by atoms with van der Waals surface area (Å²) in [6, 6.07) is 0. The normalized spacial score (nSPS) is 11.9. The van der Waals surface area contributed by atoms with Crippen LogP contribution in [0.1, 0.15) is 5.56 Å². The van der Waals surface area contributed by atoms with Gasteiger partial charge in [-0.05, 0) is 7.05 Å². The summed E-state index contributed by atoms with van der Waals surface area (Å²) in [6.45, 7) is 1.46. The standard InChI is InChI=1S/C9H18N4O3S/c1-10-17(15,16)5-2-11-6-9-7-12-13(8-9)3-4-14/h7-8,10-11,14H,2-6H2,1H3.